The highest BCUT2D eigenvalue weighted by molar-refractivity contribution is 7.89. The molecule has 3 rings (SSSR count). The lowest BCUT2D eigenvalue weighted by atomic mass is 10.1. The molecule has 1 aliphatic rings. The van der Waals surface area contributed by atoms with E-state index in [4.69, 9.17) is 0 Å². The first-order chi connectivity index (χ1) is 14.5. The Morgan fingerprint density at radius 2 is 1.58 bits per heavy atom. The number of hydrogen-bond donors (Lipinski definition) is 3. The normalized spacial score (nSPS) is 14.4. The maximum absolute atomic E-state index is 12.2. The third-order valence-electron chi connectivity index (χ3n) is 4.42. The molecule has 2 aromatic rings. The van der Waals surface area contributed by atoms with Crippen LogP contribution in [0.4, 0.5) is 5.69 Å². The zero-order chi connectivity index (χ0) is 22.6. The van der Waals surface area contributed by atoms with Crippen molar-refractivity contribution >= 4 is 33.6 Å². The molecule has 8 heteroatoms. The number of nitrogens with one attached hydrogen (secondary N) is 3. The van der Waals surface area contributed by atoms with Crippen LogP contribution >= 0.6 is 0 Å². The number of carbonyl (C=O) groups is 2. The van der Waals surface area contributed by atoms with Gasteiger partial charge < -0.3 is 10.6 Å². The van der Waals surface area contributed by atoms with Gasteiger partial charge in [-0.3, -0.25) is 9.59 Å². The van der Waals surface area contributed by atoms with E-state index in [0.717, 1.165) is 12.8 Å². The zero-order valence-electron chi connectivity index (χ0n) is 17.8. The van der Waals surface area contributed by atoms with Crippen LogP contribution in [0, 0.1) is 0 Å². The van der Waals surface area contributed by atoms with Crippen LogP contribution in [-0.4, -0.2) is 31.8 Å². The van der Waals surface area contributed by atoms with Crippen molar-refractivity contribution in [1.82, 2.24) is 10.0 Å². The van der Waals surface area contributed by atoms with E-state index in [1.165, 1.54) is 18.2 Å². The van der Waals surface area contributed by atoms with Gasteiger partial charge in [0.1, 0.15) is 0 Å². The van der Waals surface area contributed by atoms with Crippen molar-refractivity contribution in [1.29, 1.82) is 0 Å². The van der Waals surface area contributed by atoms with Gasteiger partial charge in [0, 0.05) is 28.9 Å². The van der Waals surface area contributed by atoms with E-state index in [1.807, 2.05) is 20.8 Å². The van der Waals surface area contributed by atoms with Crippen molar-refractivity contribution in [3.8, 4) is 0 Å². The molecule has 31 heavy (non-hydrogen) atoms. The number of rotatable bonds is 7. The average Bonchev–Trinajstić information content (AvgIpc) is 3.49. The molecular formula is C23H27N3O4S. The lowest BCUT2D eigenvalue weighted by Crippen LogP contribution is -2.40. The quantitative estimate of drug-likeness (QED) is 0.574. The van der Waals surface area contributed by atoms with Crippen LogP contribution in [0.3, 0.4) is 0 Å². The Hall–Kier alpha value is -2.97. The Labute approximate surface area is 183 Å². The van der Waals surface area contributed by atoms with Gasteiger partial charge in [-0.05, 0) is 81.7 Å². The summed E-state index contributed by atoms with van der Waals surface area (Å²) in [5.74, 6) is -0.512. The largest absolute Gasteiger partial charge is 0.347 e. The molecule has 2 aromatic carbocycles. The molecule has 1 fully saturated rings. The Morgan fingerprint density at radius 1 is 0.968 bits per heavy atom. The maximum atomic E-state index is 12.2. The smallest absolute Gasteiger partial charge is 0.251 e. The zero-order valence-corrected chi connectivity index (χ0v) is 18.6. The van der Waals surface area contributed by atoms with Gasteiger partial charge >= 0.3 is 0 Å². The van der Waals surface area contributed by atoms with Crippen molar-refractivity contribution in [3.05, 3.63) is 65.7 Å². The molecule has 1 aliphatic carbocycles. The van der Waals surface area contributed by atoms with Gasteiger partial charge in [-0.15, -0.1) is 0 Å². The molecule has 0 spiro atoms. The fourth-order valence-corrected chi connectivity index (χ4v) is 4.03. The lowest BCUT2D eigenvalue weighted by Gasteiger charge is -2.20. The van der Waals surface area contributed by atoms with Crippen molar-refractivity contribution in [3.63, 3.8) is 0 Å². The average molecular weight is 442 g/mol. The highest BCUT2D eigenvalue weighted by Crippen LogP contribution is 2.22. The molecule has 0 saturated heterocycles. The van der Waals surface area contributed by atoms with Crippen LogP contribution < -0.4 is 15.4 Å². The summed E-state index contributed by atoms with van der Waals surface area (Å²) in [5, 5.41) is 5.61. The minimum absolute atomic E-state index is 0.0511. The first kappa shape index (κ1) is 22.7. The SMILES string of the molecule is CC(C)(C)NC(=O)c1ccc(NC(=O)/C=C/c2ccc(S(=O)(=O)NC3CC3)cc2)cc1. The van der Waals surface area contributed by atoms with Crippen molar-refractivity contribution in [2.45, 2.75) is 50.1 Å². The van der Waals surface area contributed by atoms with Gasteiger partial charge in [0.05, 0.1) is 4.90 Å². The van der Waals surface area contributed by atoms with E-state index < -0.39 is 10.0 Å². The Morgan fingerprint density at radius 3 is 2.13 bits per heavy atom. The number of hydrogen-bond acceptors (Lipinski definition) is 4. The third kappa shape index (κ3) is 7.04. The van der Waals surface area contributed by atoms with Crippen LogP contribution in [0.2, 0.25) is 0 Å². The molecule has 1 saturated carbocycles. The van der Waals surface area contributed by atoms with E-state index in [9.17, 15) is 18.0 Å². The second kappa shape index (κ2) is 9.03. The Bertz CT molecular complexity index is 1080. The first-order valence-electron chi connectivity index (χ1n) is 10.1. The van der Waals surface area contributed by atoms with Crippen LogP contribution in [0.5, 0.6) is 0 Å². The van der Waals surface area contributed by atoms with E-state index in [2.05, 4.69) is 15.4 Å². The number of sulfonamides is 1. The van der Waals surface area contributed by atoms with E-state index in [1.54, 1.807) is 42.5 Å². The molecular weight excluding hydrogens is 414 g/mol. The standard InChI is InChI=1S/C23H27N3O4S/c1-23(2,3)25-22(28)17-7-9-18(10-8-17)24-21(27)15-6-16-4-13-20(14-5-16)31(29,30)26-19-11-12-19/h4-10,13-15,19,26H,11-12H2,1-3H3,(H,24,27)(H,25,28)/b15-6+. The van der Waals surface area contributed by atoms with E-state index in [-0.39, 0.29) is 28.3 Å². The van der Waals surface area contributed by atoms with Gasteiger partial charge in [0.25, 0.3) is 5.91 Å². The molecule has 7 nitrogen and oxygen atoms in total. The molecule has 2 amide bonds. The molecule has 3 N–H and O–H groups in total. The predicted octanol–water partition coefficient (Wildman–Crippen LogP) is 3.31. The summed E-state index contributed by atoms with van der Waals surface area (Å²) >= 11 is 0. The maximum Gasteiger partial charge on any atom is 0.251 e. The van der Waals surface area contributed by atoms with Gasteiger partial charge in [-0.2, -0.15) is 0 Å². The van der Waals surface area contributed by atoms with Crippen LogP contribution in [0.25, 0.3) is 6.08 Å². The lowest BCUT2D eigenvalue weighted by molar-refractivity contribution is -0.111. The third-order valence-corrected chi connectivity index (χ3v) is 5.96. The van der Waals surface area contributed by atoms with Crippen LogP contribution in [0.1, 0.15) is 49.5 Å². The Kier molecular flexibility index (Phi) is 6.62. The predicted molar refractivity (Wildman–Crippen MR) is 121 cm³/mol. The van der Waals surface area contributed by atoms with Crippen molar-refractivity contribution in [2.75, 3.05) is 5.32 Å². The molecule has 0 radical (unpaired) electrons. The summed E-state index contributed by atoms with van der Waals surface area (Å²) in [6.07, 6.45) is 4.72. The first-order valence-corrected chi connectivity index (χ1v) is 11.5. The summed E-state index contributed by atoms with van der Waals surface area (Å²) in [6.45, 7) is 5.72. The summed E-state index contributed by atoms with van der Waals surface area (Å²) < 4.78 is 27.0. The Balaban J connectivity index is 1.56. The fraction of sp³-hybridized carbons (Fsp3) is 0.304. The summed E-state index contributed by atoms with van der Waals surface area (Å²) in [7, 11) is -3.49. The van der Waals surface area contributed by atoms with Crippen LogP contribution in [-0.2, 0) is 14.8 Å². The molecule has 0 aromatic heterocycles. The van der Waals surface area contributed by atoms with Crippen molar-refractivity contribution in [2.24, 2.45) is 0 Å². The minimum Gasteiger partial charge on any atom is -0.347 e. The monoisotopic (exact) mass is 441 g/mol. The van der Waals surface area contributed by atoms with E-state index >= 15 is 0 Å². The summed E-state index contributed by atoms with van der Waals surface area (Å²) in [4.78, 5) is 24.5. The second-order valence-corrected chi connectivity index (χ2v) is 10.3. The van der Waals surface area contributed by atoms with Gasteiger partial charge in [-0.25, -0.2) is 13.1 Å². The minimum atomic E-state index is -3.49. The number of anilines is 1. The highest BCUT2D eigenvalue weighted by Gasteiger charge is 2.27. The number of benzene rings is 2. The number of carbonyl (C=O) groups excluding carboxylic acids is 2. The molecule has 0 heterocycles. The summed E-state index contributed by atoms with van der Waals surface area (Å²) in [6, 6.07) is 13.0. The fourth-order valence-electron chi connectivity index (χ4n) is 2.72. The van der Waals surface area contributed by atoms with Gasteiger partial charge in [-0.1, -0.05) is 12.1 Å². The molecule has 0 atom stereocenters. The van der Waals surface area contributed by atoms with Crippen molar-refractivity contribution < 1.29 is 18.0 Å². The molecule has 0 bridgehead atoms. The van der Waals surface area contributed by atoms with E-state index in [0.29, 0.717) is 16.8 Å². The van der Waals surface area contributed by atoms with Gasteiger partial charge in [0.2, 0.25) is 15.9 Å². The molecule has 0 aliphatic heterocycles. The van der Waals surface area contributed by atoms with Crippen LogP contribution in [0.15, 0.2) is 59.5 Å². The molecule has 164 valence electrons. The summed E-state index contributed by atoms with van der Waals surface area (Å²) in [5.41, 5.74) is 1.45. The highest BCUT2D eigenvalue weighted by atomic mass is 32.2. The topological polar surface area (TPSA) is 104 Å². The van der Waals surface area contributed by atoms with Gasteiger partial charge in [0.15, 0.2) is 0 Å². The molecule has 0 unspecified atom stereocenters. The number of amides is 2. The second-order valence-electron chi connectivity index (χ2n) is 8.57.